The van der Waals surface area contributed by atoms with Crippen LogP contribution in [0.5, 0.6) is 0 Å². The molecule has 1 aromatic rings. The van der Waals surface area contributed by atoms with Gasteiger partial charge in [0.1, 0.15) is 5.83 Å². The van der Waals surface area contributed by atoms with Crippen molar-refractivity contribution in [3.05, 3.63) is 58.2 Å². The van der Waals surface area contributed by atoms with Crippen molar-refractivity contribution in [2.75, 3.05) is 13.1 Å². The van der Waals surface area contributed by atoms with E-state index in [9.17, 15) is 13.6 Å². The molecule has 4 aliphatic rings. The molecule has 5 rings (SSSR count). The third kappa shape index (κ3) is 4.10. The molecule has 0 aromatic heterocycles. The number of hydrogen-bond donors (Lipinski definition) is 0. The van der Waals surface area contributed by atoms with E-state index in [4.69, 9.17) is 0 Å². The largest absolute Gasteiger partial charge is 0.342 e. The second-order valence-electron chi connectivity index (χ2n) is 10.2. The van der Waals surface area contributed by atoms with E-state index in [2.05, 4.69) is 25.1 Å². The van der Waals surface area contributed by atoms with Gasteiger partial charge in [-0.1, -0.05) is 37.1 Å². The van der Waals surface area contributed by atoms with Crippen molar-refractivity contribution in [1.29, 1.82) is 0 Å². The lowest BCUT2D eigenvalue weighted by Gasteiger charge is -2.27. The summed E-state index contributed by atoms with van der Waals surface area (Å²) in [5, 5.41) is 0. The highest BCUT2D eigenvalue weighted by Gasteiger charge is 2.35. The number of benzene rings is 1. The van der Waals surface area contributed by atoms with Crippen LogP contribution in [0.2, 0.25) is 0 Å². The van der Waals surface area contributed by atoms with E-state index in [1.54, 1.807) is 0 Å². The Morgan fingerprint density at radius 2 is 1.97 bits per heavy atom. The fourth-order valence-corrected chi connectivity index (χ4v) is 6.13. The first kappa shape index (κ1) is 20.9. The lowest BCUT2D eigenvalue weighted by atomic mass is 9.78. The molecule has 0 radical (unpaired) electrons. The number of fused-ring (bicyclic) bond motifs is 2. The van der Waals surface area contributed by atoms with Crippen LogP contribution in [0.25, 0.3) is 0 Å². The van der Waals surface area contributed by atoms with Gasteiger partial charge in [-0.25, -0.2) is 8.78 Å². The first-order valence-corrected chi connectivity index (χ1v) is 12.2. The standard InChI is InChI=1S/C27H33F2NO/c1-17-16-30(12-11-20-5-7-21(13-23(17)20)18-3-2-4-18)27(31)10-9-19-6-8-22-14-25(28)26(29)15-24(19)22/h5,7,13,15,17-19,22H,2-4,6,8-12,14,16H2,1H3. The molecule has 4 heteroatoms. The lowest BCUT2D eigenvalue weighted by molar-refractivity contribution is -0.131. The van der Waals surface area contributed by atoms with Crippen molar-refractivity contribution in [3.63, 3.8) is 0 Å². The molecule has 2 nitrogen and oxygen atoms in total. The molecule has 0 N–H and O–H groups in total. The maximum absolute atomic E-state index is 13.8. The molecule has 0 saturated heterocycles. The van der Waals surface area contributed by atoms with Crippen LogP contribution in [0.4, 0.5) is 8.78 Å². The van der Waals surface area contributed by atoms with Gasteiger partial charge in [0.15, 0.2) is 5.83 Å². The summed E-state index contributed by atoms with van der Waals surface area (Å²) in [7, 11) is 0. The molecular formula is C27H33F2NO. The lowest BCUT2D eigenvalue weighted by Crippen LogP contribution is -2.34. The van der Waals surface area contributed by atoms with Crippen molar-refractivity contribution in [1.82, 2.24) is 4.90 Å². The van der Waals surface area contributed by atoms with Crippen molar-refractivity contribution in [2.24, 2.45) is 11.8 Å². The summed E-state index contributed by atoms with van der Waals surface area (Å²) in [6.07, 6.45) is 9.59. The fraction of sp³-hybridized carbons (Fsp3) is 0.593. The van der Waals surface area contributed by atoms with Gasteiger partial charge < -0.3 is 4.90 Å². The van der Waals surface area contributed by atoms with Crippen molar-refractivity contribution >= 4 is 5.91 Å². The molecule has 166 valence electrons. The summed E-state index contributed by atoms with van der Waals surface area (Å²) in [5.41, 5.74) is 5.33. The molecule has 31 heavy (non-hydrogen) atoms. The number of rotatable bonds is 4. The molecule has 1 heterocycles. The van der Waals surface area contributed by atoms with Gasteiger partial charge in [-0.3, -0.25) is 4.79 Å². The smallest absolute Gasteiger partial charge is 0.222 e. The molecule has 3 aliphatic carbocycles. The molecule has 2 saturated carbocycles. The molecule has 0 spiro atoms. The predicted octanol–water partition coefficient (Wildman–Crippen LogP) is 6.73. The molecule has 3 atom stereocenters. The number of hydrogen-bond acceptors (Lipinski definition) is 1. The van der Waals surface area contributed by atoms with Gasteiger partial charge in [-0.15, -0.1) is 0 Å². The zero-order chi connectivity index (χ0) is 21.5. The normalized spacial score (nSPS) is 28.5. The van der Waals surface area contributed by atoms with E-state index < -0.39 is 11.7 Å². The molecule has 1 aliphatic heterocycles. The van der Waals surface area contributed by atoms with Crippen LogP contribution in [0, 0.1) is 11.8 Å². The fourth-order valence-electron chi connectivity index (χ4n) is 6.13. The number of allylic oxidation sites excluding steroid dienone is 4. The van der Waals surface area contributed by atoms with Gasteiger partial charge in [0.05, 0.1) is 0 Å². The zero-order valence-electron chi connectivity index (χ0n) is 18.5. The highest BCUT2D eigenvalue weighted by Crippen LogP contribution is 2.46. The summed E-state index contributed by atoms with van der Waals surface area (Å²) in [5.74, 6) is 0.336. The third-order valence-electron chi connectivity index (χ3n) is 8.27. The van der Waals surface area contributed by atoms with Crippen molar-refractivity contribution < 1.29 is 13.6 Å². The zero-order valence-corrected chi connectivity index (χ0v) is 18.5. The maximum atomic E-state index is 13.8. The Labute approximate surface area is 184 Å². The second kappa shape index (κ2) is 8.52. The first-order chi connectivity index (χ1) is 15.0. The Kier molecular flexibility index (Phi) is 5.75. The van der Waals surface area contributed by atoms with Crippen LogP contribution < -0.4 is 0 Å². The molecule has 0 bridgehead atoms. The predicted molar refractivity (Wildman–Crippen MR) is 119 cm³/mol. The Hall–Kier alpha value is -1.97. The van der Waals surface area contributed by atoms with Gasteiger partial charge in [0.2, 0.25) is 5.91 Å². The summed E-state index contributed by atoms with van der Waals surface area (Å²) in [6.45, 7) is 3.79. The van der Waals surface area contributed by atoms with Crippen LogP contribution in [-0.2, 0) is 11.2 Å². The number of halogens is 2. The Morgan fingerprint density at radius 3 is 2.74 bits per heavy atom. The van der Waals surface area contributed by atoms with Gasteiger partial charge in [0.25, 0.3) is 0 Å². The van der Waals surface area contributed by atoms with Crippen molar-refractivity contribution in [2.45, 2.75) is 76.5 Å². The number of carbonyl (C=O) groups excluding carboxylic acids is 1. The summed E-state index contributed by atoms with van der Waals surface area (Å²) in [6, 6.07) is 7.01. The minimum absolute atomic E-state index is 0.136. The highest BCUT2D eigenvalue weighted by atomic mass is 19.2. The van der Waals surface area contributed by atoms with E-state index in [1.807, 2.05) is 4.90 Å². The molecule has 2 fully saturated rings. The SMILES string of the molecule is CC1CN(C(=O)CCC2CCC3CC(F)=C(F)C=C23)CCc2ccc(C3CCC3)cc21. The molecule has 3 unspecified atom stereocenters. The van der Waals surface area contributed by atoms with E-state index >= 15 is 0 Å². The number of nitrogens with zero attached hydrogens (tertiary/aromatic N) is 1. The monoisotopic (exact) mass is 425 g/mol. The van der Waals surface area contributed by atoms with Crippen LogP contribution in [0.3, 0.4) is 0 Å². The van der Waals surface area contributed by atoms with Crippen LogP contribution >= 0.6 is 0 Å². The second-order valence-corrected chi connectivity index (χ2v) is 10.2. The minimum atomic E-state index is -0.704. The highest BCUT2D eigenvalue weighted by molar-refractivity contribution is 5.76. The molecular weight excluding hydrogens is 392 g/mol. The third-order valence-corrected chi connectivity index (χ3v) is 8.27. The topological polar surface area (TPSA) is 20.3 Å². The van der Waals surface area contributed by atoms with Crippen LogP contribution in [0.15, 0.2) is 41.5 Å². The van der Waals surface area contributed by atoms with E-state index in [0.717, 1.165) is 50.3 Å². The van der Waals surface area contributed by atoms with E-state index in [1.165, 1.54) is 42.0 Å². The Balaban J connectivity index is 1.21. The van der Waals surface area contributed by atoms with Gasteiger partial charge in [0, 0.05) is 25.9 Å². The first-order valence-electron chi connectivity index (χ1n) is 12.2. The summed E-state index contributed by atoms with van der Waals surface area (Å²) in [4.78, 5) is 15.1. The number of carbonyl (C=O) groups is 1. The average molecular weight is 426 g/mol. The minimum Gasteiger partial charge on any atom is -0.342 e. The van der Waals surface area contributed by atoms with Crippen LogP contribution in [-0.4, -0.2) is 23.9 Å². The molecule has 1 amide bonds. The average Bonchev–Trinajstić information content (AvgIpc) is 3.01. The van der Waals surface area contributed by atoms with Gasteiger partial charge in [-0.05, 0) is 85.0 Å². The maximum Gasteiger partial charge on any atom is 0.222 e. The van der Waals surface area contributed by atoms with E-state index in [0.29, 0.717) is 12.3 Å². The molecule has 1 aromatic carbocycles. The Bertz CT molecular complexity index is 929. The summed E-state index contributed by atoms with van der Waals surface area (Å²) < 4.78 is 27.3. The van der Waals surface area contributed by atoms with Crippen LogP contribution in [0.1, 0.15) is 86.8 Å². The quantitative estimate of drug-likeness (QED) is 0.524. The van der Waals surface area contributed by atoms with Crippen molar-refractivity contribution in [3.8, 4) is 0 Å². The Morgan fingerprint density at radius 1 is 1.13 bits per heavy atom. The van der Waals surface area contributed by atoms with E-state index in [-0.39, 0.29) is 24.2 Å². The number of amides is 1. The van der Waals surface area contributed by atoms with Gasteiger partial charge >= 0.3 is 0 Å². The van der Waals surface area contributed by atoms with Gasteiger partial charge in [-0.2, -0.15) is 0 Å². The summed E-state index contributed by atoms with van der Waals surface area (Å²) >= 11 is 0.